The molecule has 2 amide bonds. The molecule has 0 fully saturated rings. The van der Waals surface area contributed by atoms with Crippen molar-refractivity contribution < 1.29 is 23.5 Å². The van der Waals surface area contributed by atoms with Gasteiger partial charge in [0.2, 0.25) is 5.91 Å². The highest BCUT2D eigenvalue weighted by molar-refractivity contribution is 6.36. The predicted molar refractivity (Wildman–Crippen MR) is 73.8 cm³/mol. The molecular weight excluding hydrogens is 326 g/mol. The van der Waals surface area contributed by atoms with Crippen molar-refractivity contribution >= 4 is 41.0 Å². The van der Waals surface area contributed by atoms with E-state index in [1.165, 1.54) is 7.05 Å². The third-order valence-corrected chi connectivity index (χ3v) is 2.89. The van der Waals surface area contributed by atoms with Crippen LogP contribution in [-0.4, -0.2) is 38.0 Å². The number of hydrogen-bond donors (Lipinski definition) is 2. The second kappa shape index (κ2) is 7.80. The van der Waals surface area contributed by atoms with Gasteiger partial charge in [0.15, 0.2) is 6.61 Å². The average Bonchev–Trinajstić information content (AvgIpc) is 2.45. The van der Waals surface area contributed by atoms with Crippen LogP contribution in [0.4, 0.5) is 4.39 Å². The van der Waals surface area contributed by atoms with Crippen molar-refractivity contribution in [2.75, 3.05) is 20.2 Å². The summed E-state index contributed by atoms with van der Waals surface area (Å²) in [5.41, 5.74) is -0.252. The molecular formula is C12H11Cl2FN2O4. The molecule has 21 heavy (non-hydrogen) atoms. The lowest BCUT2D eigenvalue weighted by molar-refractivity contribution is -0.127. The fourth-order valence-corrected chi connectivity index (χ4v) is 1.67. The smallest absolute Gasteiger partial charge is 0.340 e. The number of carbonyl (C=O) groups is 3. The van der Waals surface area contributed by atoms with Crippen molar-refractivity contribution in [3.05, 3.63) is 33.6 Å². The number of esters is 1. The minimum absolute atomic E-state index is 0.0998. The molecule has 0 bridgehead atoms. The molecule has 0 saturated heterocycles. The average molecular weight is 337 g/mol. The van der Waals surface area contributed by atoms with Gasteiger partial charge in [-0.25, -0.2) is 9.18 Å². The Kier molecular flexibility index (Phi) is 6.39. The summed E-state index contributed by atoms with van der Waals surface area (Å²) < 4.78 is 17.9. The monoisotopic (exact) mass is 336 g/mol. The summed E-state index contributed by atoms with van der Waals surface area (Å²) in [6, 6.07) is 1.87. The van der Waals surface area contributed by atoms with Crippen molar-refractivity contribution in [2.24, 2.45) is 0 Å². The van der Waals surface area contributed by atoms with Gasteiger partial charge in [0.25, 0.3) is 5.91 Å². The highest BCUT2D eigenvalue weighted by Gasteiger charge is 2.17. The molecule has 1 aromatic carbocycles. The van der Waals surface area contributed by atoms with Gasteiger partial charge in [-0.1, -0.05) is 23.2 Å². The standard InChI is InChI=1S/C12H11Cl2FN2O4/c1-16-10(18)4-17-11(19)5-21-12(20)6-2-9(15)8(14)3-7(6)13/h2-3H,4-5H2,1H3,(H,16,18)(H,17,19). The summed E-state index contributed by atoms with van der Waals surface area (Å²) in [5, 5.41) is 4.18. The van der Waals surface area contributed by atoms with Crippen LogP contribution < -0.4 is 10.6 Å². The lowest BCUT2D eigenvalue weighted by Gasteiger charge is -2.07. The summed E-state index contributed by atoms with van der Waals surface area (Å²) in [7, 11) is 1.41. The largest absolute Gasteiger partial charge is 0.452 e. The highest BCUT2D eigenvalue weighted by atomic mass is 35.5. The maximum absolute atomic E-state index is 13.2. The van der Waals surface area contributed by atoms with Gasteiger partial charge in [0, 0.05) is 7.05 Å². The molecule has 0 aliphatic heterocycles. The minimum Gasteiger partial charge on any atom is -0.452 e. The Labute approximate surface area is 129 Å². The van der Waals surface area contributed by atoms with Gasteiger partial charge >= 0.3 is 5.97 Å². The normalized spacial score (nSPS) is 9.90. The first kappa shape index (κ1) is 17.2. The number of nitrogens with one attached hydrogen (secondary N) is 2. The number of rotatable bonds is 5. The summed E-state index contributed by atoms with van der Waals surface area (Å²) >= 11 is 11.2. The van der Waals surface area contributed by atoms with E-state index >= 15 is 0 Å². The number of benzene rings is 1. The Bertz CT molecular complexity index is 581. The summed E-state index contributed by atoms with van der Waals surface area (Å²) in [4.78, 5) is 33.8. The van der Waals surface area contributed by atoms with Gasteiger partial charge in [0.05, 0.1) is 22.2 Å². The summed E-state index contributed by atoms with van der Waals surface area (Å²) in [6.45, 7) is -0.875. The number of amides is 2. The number of carbonyl (C=O) groups excluding carboxylic acids is 3. The van der Waals surface area contributed by atoms with Crippen molar-refractivity contribution in [3.63, 3.8) is 0 Å². The molecule has 6 nitrogen and oxygen atoms in total. The van der Waals surface area contributed by atoms with Crippen LogP contribution >= 0.6 is 23.2 Å². The van der Waals surface area contributed by atoms with E-state index < -0.39 is 30.2 Å². The van der Waals surface area contributed by atoms with Crippen LogP contribution in [0.2, 0.25) is 10.0 Å². The van der Waals surface area contributed by atoms with Gasteiger partial charge in [-0.15, -0.1) is 0 Å². The number of likely N-dealkylation sites (N-methyl/N-ethyl adjacent to an activating group) is 1. The molecule has 0 spiro atoms. The SMILES string of the molecule is CNC(=O)CNC(=O)COC(=O)c1cc(F)c(Cl)cc1Cl. The van der Waals surface area contributed by atoms with Crippen LogP contribution in [0.1, 0.15) is 10.4 Å². The number of halogens is 3. The first-order chi connectivity index (χ1) is 9.85. The molecule has 0 heterocycles. The predicted octanol–water partition coefficient (Wildman–Crippen LogP) is 1.15. The van der Waals surface area contributed by atoms with Gasteiger partial charge in [-0.2, -0.15) is 0 Å². The zero-order valence-electron chi connectivity index (χ0n) is 10.8. The van der Waals surface area contributed by atoms with Gasteiger partial charge in [0.1, 0.15) is 5.82 Å². The Morgan fingerprint density at radius 2 is 1.86 bits per heavy atom. The fourth-order valence-electron chi connectivity index (χ4n) is 1.21. The first-order valence-corrected chi connectivity index (χ1v) is 6.39. The van der Waals surface area contributed by atoms with E-state index in [2.05, 4.69) is 15.4 Å². The lowest BCUT2D eigenvalue weighted by Crippen LogP contribution is -2.37. The lowest BCUT2D eigenvalue weighted by atomic mass is 10.2. The van der Waals surface area contributed by atoms with Crippen LogP contribution in [0.5, 0.6) is 0 Å². The van der Waals surface area contributed by atoms with Crippen molar-refractivity contribution in [1.82, 2.24) is 10.6 Å². The molecule has 0 atom stereocenters. The fraction of sp³-hybridized carbons (Fsp3) is 0.250. The number of hydrogen-bond acceptors (Lipinski definition) is 4. The third-order valence-electron chi connectivity index (χ3n) is 2.29. The molecule has 1 aromatic rings. The quantitative estimate of drug-likeness (QED) is 0.624. The van der Waals surface area contributed by atoms with Gasteiger partial charge in [-0.3, -0.25) is 9.59 Å². The molecule has 2 N–H and O–H groups in total. The molecule has 114 valence electrons. The maximum atomic E-state index is 13.2. The van der Waals surface area contributed by atoms with Crippen LogP contribution in [-0.2, 0) is 14.3 Å². The first-order valence-electron chi connectivity index (χ1n) is 5.64. The zero-order chi connectivity index (χ0) is 16.0. The molecule has 0 aromatic heterocycles. The van der Waals surface area contributed by atoms with Crippen molar-refractivity contribution in [3.8, 4) is 0 Å². The Morgan fingerprint density at radius 3 is 2.48 bits per heavy atom. The minimum atomic E-state index is -0.981. The van der Waals surface area contributed by atoms with Crippen LogP contribution in [0.15, 0.2) is 12.1 Å². The number of ether oxygens (including phenoxy) is 1. The van der Waals surface area contributed by atoms with Gasteiger partial charge in [-0.05, 0) is 12.1 Å². The second-order valence-electron chi connectivity index (χ2n) is 3.77. The van der Waals surface area contributed by atoms with Crippen LogP contribution in [0.25, 0.3) is 0 Å². The second-order valence-corrected chi connectivity index (χ2v) is 4.59. The van der Waals surface area contributed by atoms with E-state index in [1.54, 1.807) is 0 Å². The third kappa shape index (κ3) is 5.20. The molecule has 0 aliphatic rings. The van der Waals surface area contributed by atoms with Crippen molar-refractivity contribution in [2.45, 2.75) is 0 Å². The molecule has 0 saturated carbocycles. The zero-order valence-corrected chi connectivity index (χ0v) is 12.3. The van der Waals surface area contributed by atoms with E-state index in [1.807, 2.05) is 0 Å². The molecule has 0 unspecified atom stereocenters. The topological polar surface area (TPSA) is 84.5 Å². The van der Waals surface area contributed by atoms with E-state index in [0.29, 0.717) is 0 Å². The Hall–Kier alpha value is -1.86. The molecule has 0 aliphatic carbocycles. The summed E-state index contributed by atoms with van der Waals surface area (Å²) in [6.07, 6.45) is 0. The summed E-state index contributed by atoms with van der Waals surface area (Å²) in [5.74, 6) is -2.90. The van der Waals surface area contributed by atoms with E-state index in [4.69, 9.17) is 23.2 Å². The van der Waals surface area contributed by atoms with Crippen LogP contribution in [0.3, 0.4) is 0 Å². The van der Waals surface area contributed by atoms with Crippen molar-refractivity contribution in [1.29, 1.82) is 0 Å². The molecule has 0 radical (unpaired) electrons. The van der Waals surface area contributed by atoms with Crippen LogP contribution in [0, 0.1) is 5.82 Å². The van der Waals surface area contributed by atoms with E-state index in [-0.39, 0.29) is 22.2 Å². The molecule has 1 rings (SSSR count). The van der Waals surface area contributed by atoms with E-state index in [0.717, 1.165) is 12.1 Å². The van der Waals surface area contributed by atoms with Gasteiger partial charge < -0.3 is 15.4 Å². The van der Waals surface area contributed by atoms with E-state index in [9.17, 15) is 18.8 Å². The Morgan fingerprint density at radius 1 is 1.19 bits per heavy atom. The highest BCUT2D eigenvalue weighted by Crippen LogP contribution is 2.24. The maximum Gasteiger partial charge on any atom is 0.340 e. The molecule has 9 heteroatoms. The Balaban J connectivity index is 2.56.